The van der Waals surface area contributed by atoms with Crippen molar-refractivity contribution in [3.05, 3.63) is 35.9 Å². The number of carbonyl (C=O) groups excluding carboxylic acids is 1. The number of rotatable bonds is 5. The summed E-state index contributed by atoms with van der Waals surface area (Å²) in [7, 11) is 0. The molecule has 0 bridgehead atoms. The minimum atomic E-state index is -1.26. The first kappa shape index (κ1) is 13.9. The number of hydrogen-bond donors (Lipinski definition) is 1. The highest BCUT2D eigenvalue weighted by atomic mass is 16.6. The Morgan fingerprint density at radius 2 is 1.95 bits per heavy atom. The van der Waals surface area contributed by atoms with E-state index in [2.05, 4.69) is 0 Å². The van der Waals surface area contributed by atoms with Crippen LogP contribution in [0.15, 0.2) is 30.3 Å². The summed E-state index contributed by atoms with van der Waals surface area (Å²) in [5.41, 5.74) is -0.384. The van der Waals surface area contributed by atoms with Crippen LogP contribution in [0.25, 0.3) is 0 Å². The molecule has 0 unspecified atom stereocenters. The maximum absolute atomic E-state index is 12.3. The molecule has 1 aliphatic heterocycles. The van der Waals surface area contributed by atoms with Crippen LogP contribution < -0.4 is 0 Å². The first-order chi connectivity index (χ1) is 10.1. The van der Waals surface area contributed by atoms with Gasteiger partial charge in [-0.3, -0.25) is 4.90 Å². The number of carboxylic acid groups (broad SMARTS) is 1. The summed E-state index contributed by atoms with van der Waals surface area (Å²) in [4.78, 5) is 25.2. The molecule has 6 heteroatoms. The molecule has 1 N–H and O–H groups in total. The van der Waals surface area contributed by atoms with E-state index < -0.39 is 17.6 Å². The minimum absolute atomic E-state index is 0.0271. The van der Waals surface area contributed by atoms with Crippen molar-refractivity contribution in [3.63, 3.8) is 0 Å². The highest BCUT2D eigenvalue weighted by Crippen LogP contribution is 2.37. The number of nitrogens with zero attached hydrogens (tertiary/aromatic N) is 1. The van der Waals surface area contributed by atoms with Crippen molar-refractivity contribution in [2.45, 2.75) is 31.0 Å². The van der Waals surface area contributed by atoms with Crippen molar-refractivity contribution < 1.29 is 24.2 Å². The van der Waals surface area contributed by atoms with Crippen molar-refractivity contribution >= 4 is 12.1 Å². The van der Waals surface area contributed by atoms with E-state index in [9.17, 15) is 14.7 Å². The third-order valence-electron chi connectivity index (χ3n) is 3.85. The van der Waals surface area contributed by atoms with Gasteiger partial charge in [0.2, 0.25) is 0 Å². The highest BCUT2D eigenvalue weighted by molar-refractivity contribution is 5.86. The Morgan fingerprint density at radius 3 is 2.43 bits per heavy atom. The average Bonchev–Trinajstić information content (AvgIpc) is 3.25. The molecule has 2 fully saturated rings. The Hall–Kier alpha value is -2.08. The van der Waals surface area contributed by atoms with E-state index in [0.29, 0.717) is 0 Å². The standard InChI is InChI=1S/C15H17NO5/c17-13(18)15(9-20-10-15)16(12-6-7-12)14(19)21-8-11-4-2-1-3-5-11/h1-5,12H,6-10H2,(H,17,18). The summed E-state index contributed by atoms with van der Waals surface area (Å²) in [6, 6.07) is 9.27. The summed E-state index contributed by atoms with van der Waals surface area (Å²) in [5.74, 6) is -1.03. The van der Waals surface area contributed by atoms with E-state index in [-0.39, 0.29) is 25.9 Å². The van der Waals surface area contributed by atoms with Crippen LogP contribution in [0.5, 0.6) is 0 Å². The zero-order valence-electron chi connectivity index (χ0n) is 11.5. The lowest BCUT2D eigenvalue weighted by molar-refractivity contribution is -0.184. The van der Waals surface area contributed by atoms with Crippen LogP contribution in [-0.2, 0) is 20.9 Å². The van der Waals surface area contributed by atoms with Crippen molar-refractivity contribution in [1.82, 2.24) is 4.90 Å². The topological polar surface area (TPSA) is 76.1 Å². The second-order valence-electron chi connectivity index (χ2n) is 5.47. The Morgan fingerprint density at radius 1 is 1.29 bits per heavy atom. The molecule has 0 radical (unpaired) electrons. The van der Waals surface area contributed by atoms with Gasteiger partial charge in [0.05, 0.1) is 13.2 Å². The van der Waals surface area contributed by atoms with E-state index in [1.807, 2.05) is 30.3 Å². The SMILES string of the molecule is O=C(OCc1ccccc1)N(C1CC1)C1(C(=O)O)COC1. The Bertz CT molecular complexity index is 536. The second kappa shape index (κ2) is 5.37. The molecule has 1 heterocycles. The molecule has 1 saturated carbocycles. The van der Waals surface area contributed by atoms with E-state index in [4.69, 9.17) is 9.47 Å². The molecular weight excluding hydrogens is 274 g/mol. The molecule has 0 aromatic heterocycles. The minimum Gasteiger partial charge on any atom is -0.479 e. The van der Waals surface area contributed by atoms with E-state index in [1.54, 1.807) is 0 Å². The predicted octanol–water partition coefficient (Wildman–Crippen LogP) is 1.64. The van der Waals surface area contributed by atoms with Gasteiger partial charge in [0, 0.05) is 6.04 Å². The van der Waals surface area contributed by atoms with Crippen molar-refractivity contribution in [2.24, 2.45) is 0 Å². The van der Waals surface area contributed by atoms with Gasteiger partial charge in [-0.05, 0) is 18.4 Å². The van der Waals surface area contributed by atoms with Gasteiger partial charge < -0.3 is 14.6 Å². The van der Waals surface area contributed by atoms with Gasteiger partial charge in [0.1, 0.15) is 6.61 Å². The maximum Gasteiger partial charge on any atom is 0.411 e. The summed E-state index contributed by atoms with van der Waals surface area (Å²) in [6.45, 7) is 0.192. The normalized spacial score (nSPS) is 19.4. The third-order valence-corrected chi connectivity index (χ3v) is 3.85. The van der Waals surface area contributed by atoms with E-state index >= 15 is 0 Å². The zero-order chi connectivity index (χ0) is 14.9. The molecule has 1 aliphatic carbocycles. The molecule has 1 amide bonds. The monoisotopic (exact) mass is 291 g/mol. The first-order valence-corrected chi connectivity index (χ1v) is 6.95. The quantitative estimate of drug-likeness (QED) is 0.892. The maximum atomic E-state index is 12.3. The fraction of sp³-hybridized carbons (Fsp3) is 0.467. The van der Waals surface area contributed by atoms with Crippen LogP contribution in [0.3, 0.4) is 0 Å². The van der Waals surface area contributed by atoms with Crippen LogP contribution in [-0.4, -0.2) is 46.9 Å². The van der Waals surface area contributed by atoms with Gasteiger partial charge in [0.25, 0.3) is 0 Å². The first-order valence-electron chi connectivity index (χ1n) is 6.95. The van der Waals surface area contributed by atoms with Crippen LogP contribution in [0.4, 0.5) is 4.79 Å². The molecule has 3 rings (SSSR count). The molecule has 0 atom stereocenters. The Balaban J connectivity index is 1.69. The lowest BCUT2D eigenvalue weighted by atomic mass is 9.95. The molecule has 21 heavy (non-hydrogen) atoms. The number of hydrogen-bond acceptors (Lipinski definition) is 4. The molecular formula is C15H17NO5. The largest absolute Gasteiger partial charge is 0.479 e. The van der Waals surface area contributed by atoms with Gasteiger partial charge in [-0.1, -0.05) is 30.3 Å². The van der Waals surface area contributed by atoms with Crippen LogP contribution in [0.1, 0.15) is 18.4 Å². The summed E-state index contributed by atoms with van der Waals surface area (Å²) < 4.78 is 10.3. The molecule has 1 aromatic carbocycles. The van der Waals surface area contributed by atoms with E-state index in [0.717, 1.165) is 18.4 Å². The Labute approximate surface area is 122 Å². The Kier molecular flexibility index (Phi) is 3.55. The number of carboxylic acids is 1. The second-order valence-corrected chi connectivity index (χ2v) is 5.47. The smallest absolute Gasteiger partial charge is 0.411 e. The fourth-order valence-corrected chi connectivity index (χ4v) is 2.46. The van der Waals surface area contributed by atoms with Gasteiger partial charge in [-0.15, -0.1) is 0 Å². The summed E-state index contributed by atoms with van der Waals surface area (Å²) in [5, 5.41) is 9.44. The van der Waals surface area contributed by atoms with Crippen LogP contribution >= 0.6 is 0 Å². The molecule has 112 valence electrons. The molecule has 6 nitrogen and oxygen atoms in total. The number of carbonyl (C=O) groups is 2. The van der Waals surface area contributed by atoms with Crippen LogP contribution in [0, 0.1) is 0 Å². The van der Waals surface area contributed by atoms with Crippen molar-refractivity contribution in [3.8, 4) is 0 Å². The van der Waals surface area contributed by atoms with Crippen molar-refractivity contribution in [1.29, 1.82) is 0 Å². The van der Waals surface area contributed by atoms with Crippen molar-refractivity contribution in [2.75, 3.05) is 13.2 Å². The summed E-state index contributed by atoms with van der Waals surface area (Å²) in [6.07, 6.45) is 1.05. The number of benzene rings is 1. The fourth-order valence-electron chi connectivity index (χ4n) is 2.46. The molecule has 2 aliphatic rings. The van der Waals surface area contributed by atoms with Gasteiger partial charge in [0.15, 0.2) is 5.54 Å². The van der Waals surface area contributed by atoms with Gasteiger partial charge in [-0.2, -0.15) is 0 Å². The van der Waals surface area contributed by atoms with Gasteiger partial charge >= 0.3 is 12.1 Å². The predicted molar refractivity (Wildman–Crippen MR) is 72.7 cm³/mol. The molecule has 0 spiro atoms. The van der Waals surface area contributed by atoms with E-state index in [1.165, 1.54) is 4.90 Å². The average molecular weight is 291 g/mol. The number of aliphatic carboxylic acids is 1. The lowest BCUT2D eigenvalue weighted by Crippen LogP contribution is -2.69. The third kappa shape index (κ3) is 2.58. The summed E-state index contributed by atoms with van der Waals surface area (Å²) >= 11 is 0. The highest BCUT2D eigenvalue weighted by Gasteiger charge is 2.58. The number of ether oxygens (including phenoxy) is 2. The number of amides is 1. The van der Waals surface area contributed by atoms with Gasteiger partial charge in [-0.25, -0.2) is 9.59 Å². The molecule has 1 saturated heterocycles. The zero-order valence-corrected chi connectivity index (χ0v) is 11.5. The lowest BCUT2D eigenvalue weighted by Gasteiger charge is -2.45. The van der Waals surface area contributed by atoms with Crippen LogP contribution in [0.2, 0.25) is 0 Å². The molecule has 1 aromatic rings.